The summed E-state index contributed by atoms with van der Waals surface area (Å²) in [5.41, 5.74) is 3.03. The Morgan fingerprint density at radius 2 is 1.50 bits per heavy atom. The molecule has 2 N–H and O–H groups in total. The SMILES string of the molecule is Cc1ccc(NC(=O)N2CCC3(CC2)C(=O)N(CC(=O)NCc2ccccc2)CN3c2ccccc2)cc1. The van der Waals surface area contributed by atoms with Crippen molar-refractivity contribution in [2.75, 3.05) is 36.5 Å². The summed E-state index contributed by atoms with van der Waals surface area (Å²) in [5, 5.41) is 5.89. The molecule has 0 saturated carbocycles. The van der Waals surface area contributed by atoms with Crippen LogP contribution < -0.4 is 15.5 Å². The van der Waals surface area contributed by atoms with Crippen LogP contribution in [0.2, 0.25) is 0 Å². The van der Waals surface area contributed by atoms with Gasteiger partial charge in [0, 0.05) is 31.0 Å². The number of para-hydroxylation sites is 1. The summed E-state index contributed by atoms with van der Waals surface area (Å²) in [6.45, 7) is 3.64. The van der Waals surface area contributed by atoms with Crippen LogP contribution >= 0.6 is 0 Å². The van der Waals surface area contributed by atoms with E-state index in [1.165, 1.54) is 0 Å². The van der Waals surface area contributed by atoms with Crippen LogP contribution in [0.4, 0.5) is 16.2 Å². The molecule has 8 heteroatoms. The van der Waals surface area contributed by atoms with E-state index < -0.39 is 5.54 Å². The standard InChI is InChI=1S/C30H33N5O3/c1-23-12-14-25(15-13-23)32-29(38)33-18-16-30(17-19-33)28(37)34(22-35(30)26-10-6-3-7-11-26)21-27(36)31-20-24-8-4-2-5-9-24/h2-15H,16-22H2,1H3,(H,31,36)(H,32,38). The first-order valence-corrected chi connectivity index (χ1v) is 13.0. The number of hydrogen-bond acceptors (Lipinski definition) is 4. The molecule has 2 fully saturated rings. The zero-order valence-corrected chi connectivity index (χ0v) is 21.6. The van der Waals surface area contributed by atoms with Crippen molar-refractivity contribution in [2.24, 2.45) is 0 Å². The summed E-state index contributed by atoms with van der Waals surface area (Å²) in [7, 11) is 0. The van der Waals surface area contributed by atoms with Crippen LogP contribution in [0.3, 0.4) is 0 Å². The fraction of sp³-hybridized carbons (Fsp3) is 0.300. The molecule has 3 aromatic carbocycles. The fourth-order valence-electron chi connectivity index (χ4n) is 5.27. The van der Waals surface area contributed by atoms with E-state index in [0.29, 0.717) is 39.1 Å². The molecule has 0 atom stereocenters. The highest BCUT2D eigenvalue weighted by atomic mass is 16.2. The van der Waals surface area contributed by atoms with E-state index in [9.17, 15) is 14.4 Å². The lowest BCUT2D eigenvalue weighted by Gasteiger charge is -2.43. The van der Waals surface area contributed by atoms with E-state index in [1.54, 1.807) is 9.80 Å². The fourth-order valence-corrected chi connectivity index (χ4v) is 5.27. The number of hydrogen-bond donors (Lipinski definition) is 2. The molecule has 1 spiro atoms. The summed E-state index contributed by atoms with van der Waals surface area (Å²) < 4.78 is 0. The Hall–Kier alpha value is -4.33. The molecule has 0 aromatic heterocycles. The van der Waals surface area contributed by atoms with Gasteiger partial charge in [0.1, 0.15) is 12.1 Å². The van der Waals surface area contributed by atoms with Crippen molar-refractivity contribution in [2.45, 2.75) is 31.8 Å². The highest BCUT2D eigenvalue weighted by Gasteiger charge is 2.54. The topological polar surface area (TPSA) is 85.0 Å². The summed E-state index contributed by atoms with van der Waals surface area (Å²) in [6, 6.07) is 27.1. The highest BCUT2D eigenvalue weighted by molar-refractivity contribution is 5.97. The smallest absolute Gasteiger partial charge is 0.321 e. The van der Waals surface area contributed by atoms with Gasteiger partial charge >= 0.3 is 6.03 Å². The van der Waals surface area contributed by atoms with Gasteiger partial charge in [-0.25, -0.2) is 4.79 Å². The van der Waals surface area contributed by atoms with E-state index in [-0.39, 0.29) is 24.4 Å². The second kappa shape index (κ2) is 11.0. The first-order chi connectivity index (χ1) is 18.4. The van der Waals surface area contributed by atoms with E-state index in [0.717, 1.165) is 22.5 Å². The van der Waals surface area contributed by atoms with Gasteiger partial charge in [-0.2, -0.15) is 0 Å². The summed E-state index contributed by atoms with van der Waals surface area (Å²) >= 11 is 0. The third-order valence-corrected chi connectivity index (χ3v) is 7.43. The number of carbonyl (C=O) groups excluding carboxylic acids is 3. The minimum absolute atomic E-state index is 0.00558. The molecule has 0 aliphatic carbocycles. The van der Waals surface area contributed by atoms with Crippen LogP contribution in [0.5, 0.6) is 0 Å². The third kappa shape index (κ3) is 5.34. The number of aryl methyl sites for hydroxylation is 1. The monoisotopic (exact) mass is 511 g/mol. The largest absolute Gasteiger partial charge is 0.350 e. The minimum Gasteiger partial charge on any atom is -0.350 e. The molecule has 2 aliphatic heterocycles. The minimum atomic E-state index is -0.790. The summed E-state index contributed by atoms with van der Waals surface area (Å²) in [6.07, 6.45) is 0.981. The van der Waals surface area contributed by atoms with Crippen LogP contribution in [-0.4, -0.2) is 59.5 Å². The maximum Gasteiger partial charge on any atom is 0.321 e. The Bertz CT molecular complexity index is 1270. The van der Waals surface area contributed by atoms with Gasteiger partial charge in [-0.15, -0.1) is 0 Å². The second-order valence-corrected chi connectivity index (χ2v) is 9.99. The lowest BCUT2D eigenvalue weighted by atomic mass is 9.85. The first-order valence-electron chi connectivity index (χ1n) is 13.0. The van der Waals surface area contributed by atoms with Gasteiger partial charge in [-0.3, -0.25) is 9.59 Å². The van der Waals surface area contributed by atoms with Crippen molar-refractivity contribution in [1.82, 2.24) is 15.1 Å². The molecule has 8 nitrogen and oxygen atoms in total. The Balaban J connectivity index is 1.27. The van der Waals surface area contributed by atoms with E-state index in [1.807, 2.05) is 91.9 Å². The molecule has 3 aromatic rings. The number of amides is 4. The average Bonchev–Trinajstić information content (AvgIpc) is 3.20. The maximum absolute atomic E-state index is 13.9. The molecule has 0 radical (unpaired) electrons. The van der Waals surface area contributed by atoms with Crippen molar-refractivity contribution in [3.63, 3.8) is 0 Å². The van der Waals surface area contributed by atoms with Crippen LogP contribution in [-0.2, 0) is 16.1 Å². The molecule has 2 heterocycles. The van der Waals surface area contributed by atoms with Crippen LogP contribution in [0.25, 0.3) is 0 Å². The molecular formula is C30H33N5O3. The third-order valence-electron chi connectivity index (χ3n) is 7.43. The van der Waals surface area contributed by atoms with Crippen molar-refractivity contribution in [3.05, 3.63) is 96.1 Å². The van der Waals surface area contributed by atoms with Crippen LogP contribution in [0.15, 0.2) is 84.9 Å². The predicted molar refractivity (Wildman–Crippen MR) is 148 cm³/mol. The number of piperidine rings is 1. The van der Waals surface area contributed by atoms with Crippen molar-refractivity contribution in [3.8, 4) is 0 Å². The Morgan fingerprint density at radius 3 is 2.16 bits per heavy atom. The highest BCUT2D eigenvalue weighted by Crippen LogP contribution is 2.39. The number of nitrogens with zero attached hydrogens (tertiary/aromatic N) is 3. The Labute approximate surface area is 223 Å². The predicted octanol–water partition coefficient (Wildman–Crippen LogP) is 3.98. The number of likely N-dealkylation sites (tertiary alicyclic amines) is 1. The van der Waals surface area contributed by atoms with Crippen molar-refractivity contribution >= 4 is 29.2 Å². The number of rotatable bonds is 6. The summed E-state index contributed by atoms with van der Waals surface area (Å²) in [5.74, 6) is -0.253. The van der Waals surface area contributed by atoms with Gasteiger partial charge in [0.25, 0.3) is 5.91 Å². The second-order valence-electron chi connectivity index (χ2n) is 9.99. The molecule has 5 rings (SSSR count). The zero-order chi connectivity index (χ0) is 26.5. The number of urea groups is 1. The average molecular weight is 512 g/mol. The molecule has 196 valence electrons. The van der Waals surface area contributed by atoms with Crippen molar-refractivity contribution in [1.29, 1.82) is 0 Å². The normalized spacial score (nSPS) is 16.6. The lowest BCUT2D eigenvalue weighted by molar-refractivity contribution is -0.137. The number of benzene rings is 3. The van der Waals surface area contributed by atoms with E-state index >= 15 is 0 Å². The lowest BCUT2D eigenvalue weighted by Crippen LogP contribution is -2.58. The van der Waals surface area contributed by atoms with Gasteiger partial charge in [-0.1, -0.05) is 66.2 Å². The van der Waals surface area contributed by atoms with Gasteiger partial charge in [-0.05, 0) is 49.6 Å². The molecule has 4 amide bonds. The van der Waals surface area contributed by atoms with E-state index in [2.05, 4.69) is 15.5 Å². The van der Waals surface area contributed by atoms with Gasteiger partial charge in [0.2, 0.25) is 5.91 Å². The first kappa shape index (κ1) is 25.3. The molecule has 38 heavy (non-hydrogen) atoms. The summed E-state index contributed by atoms with van der Waals surface area (Å²) in [4.78, 5) is 45.1. The Morgan fingerprint density at radius 1 is 0.868 bits per heavy atom. The number of carbonyl (C=O) groups is 3. The quantitative estimate of drug-likeness (QED) is 0.524. The van der Waals surface area contributed by atoms with Gasteiger partial charge in [0.15, 0.2) is 0 Å². The van der Waals surface area contributed by atoms with Crippen LogP contribution in [0.1, 0.15) is 24.0 Å². The molecule has 2 saturated heterocycles. The molecule has 0 bridgehead atoms. The number of nitrogens with one attached hydrogen (secondary N) is 2. The van der Waals surface area contributed by atoms with E-state index in [4.69, 9.17) is 0 Å². The Kier molecular flexibility index (Phi) is 7.31. The maximum atomic E-state index is 13.9. The van der Waals surface area contributed by atoms with Crippen LogP contribution in [0, 0.1) is 6.92 Å². The van der Waals surface area contributed by atoms with Gasteiger partial charge in [0.05, 0.1) is 6.67 Å². The molecule has 2 aliphatic rings. The molecule has 0 unspecified atom stereocenters. The molecular weight excluding hydrogens is 478 g/mol. The van der Waals surface area contributed by atoms with Gasteiger partial charge < -0.3 is 25.3 Å². The zero-order valence-electron chi connectivity index (χ0n) is 21.6. The van der Waals surface area contributed by atoms with Crippen molar-refractivity contribution < 1.29 is 14.4 Å². The number of anilines is 2.